The van der Waals surface area contributed by atoms with Crippen molar-refractivity contribution in [3.63, 3.8) is 0 Å². The molecule has 0 atom stereocenters. The van der Waals surface area contributed by atoms with E-state index in [1.807, 2.05) is 14.1 Å². The Hall–Kier alpha value is -1.20. The summed E-state index contributed by atoms with van der Waals surface area (Å²) in [6, 6.07) is 1.80. The lowest BCUT2D eigenvalue weighted by molar-refractivity contribution is 0.117. The number of nitrogens with zero attached hydrogens (tertiary/aromatic N) is 3. The number of ether oxygens (including phenoxy) is 1. The molecule has 0 aromatic carbocycles. The van der Waals surface area contributed by atoms with E-state index in [0.717, 1.165) is 32.7 Å². The van der Waals surface area contributed by atoms with Gasteiger partial charge in [0.15, 0.2) is 0 Å². The molecule has 0 bridgehead atoms. The quantitative estimate of drug-likeness (QED) is 0.664. The normalized spacial score (nSPS) is 10.7. The summed E-state index contributed by atoms with van der Waals surface area (Å²) < 4.78 is 5.46. The standard InChI is InChI=1S/C11H20N4O/c1-15(2)8-10-16-9-4-7-14-11-12-5-3-6-13-11/h3,5-6H,4,7-10H2,1-2H3,(H,12,13,14). The zero-order valence-corrected chi connectivity index (χ0v) is 10.0. The molecule has 0 saturated carbocycles. The summed E-state index contributed by atoms with van der Waals surface area (Å²) in [6.07, 6.45) is 4.41. The molecule has 5 heteroatoms. The smallest absolute Gasteiger partial charge is 0.222 e. The summed E-state index contributed by atoms with van der Waals surface area (Å²) in [4.78, 5) is 10.2. The Kier molecular flexibility index (Phi) is 6.44. The van der Waals surface area contributed by atoms with Crippen molar-refractivity contribution < 1.29 is 4.74 Å². The maximum atomic E-state index is 5.46. The van der Waals surface area contributed by atoms with Gasteiger partial charge in [0.05, 0.1) is 6.61 Å². The van der Waals surface area contributed by atoms with Crippen LogP contribution in [0.2, 0.25) is 0 Å². The first-order chi connectivity index (χ1) is 7.79. The fraction of sp³-hybridized carbons (Fsp3) is 0.636. The summed E-state index contributed by atoms with van der Waals surface area (Å²) in [5.41, 5.74) is 0. The first-order valence-electron chi connectivity index (χ1n) is 5.52. The molecule has 16 heavy (non-hydrogen) atoms. The van der Waals surface area contributed by atoms with E-state index in [9.17, 15) is 0 Å². The molecule has 1 heterocycles. The molecule has 1 N–H and O–H groups in total. The predicted molar refractivity (Wildman–Crippen MR) is 64.5 cm³/mol. The van der Waals surface area contributed by atoms with E-state index in [1.165, 1.54) is 0 Å². The van der Waals surface area contributed by atoms with Gasteiger partial charge in [-0.3, -0.25) is 0 Å². The van der Waals surface area contributed by atoms with Crippen LogP contribution in [0.3, 0.4) is 0 Å². The minimum absolute atomic E-state index is 0.677. The molecule has 90 valence electrons. The Labute approximate surface area is 96.8 Å². The summed E-state index contributed by atoms with van der Waals surface area (Å²) in [6.45, 7) is 3.36. The Morgan fingerprint density at radius 1 is 1.25 bits per heavy atom. The topological polar surface area (TPSA) is 50.3 Å². The third-order valence-electron chi connectivity index (χ3n) is 2.00. The molecular weight excluding hydrogens is 204 g/mol. The van der Waals surface area contributed by atoms with E-state index in [2.05, 4.69) is 20.2 Å². The molecule has 0 aliphatic carbocycles. The minimum Gasteiger partial charge on any atom is -0.380 e. The van der Waals surface area contributed by atoms with E-state index in [1.54, 1.807) is 18.5 Å². The van der Waals surface area contributed by atoms with E-state index in [0.29, 0.717) is 5.95 Å². The van der Waals surface area contributed by atoms with Gasteiger partial charge < -0.3 is 15.0 Å². The molecule has 1 aromatic rings. The molecule has 0 aliphatic heterocycles. The Morgan fingerprint density at radius 2 is 2.00 bits per heavy atom. The van der Waals surface area contributed by atoms with Crippen LogP contribution in [0.25, 0.3) is 0 Å². The SMILES string of the molecule is CN(C)CCOCCCNc1ncccn1. The van der Waals surface area contributed by atoms with E-state index < -0.39 is 0 Å². The highest BCUT2D eigenvalue weighted by Gasteiger charge is 1.93. The van der Waals surface area contributed by atoms with Gasteiger partial charge in [0.1, 0.15) is 0 Å². The predicted octanol–water partition coefficient (Wildman–Crippen LogP) is 0.857. The van der Waals surface area contributed by atoms with Gasteiger partial charge in [-0.25, -0.2) is 9.97 Å². The lowest BCUT2D eigenvalue weighted by atomic mass is 10.4. The highest BCUT2D eigenvalue weighted by molar-refractivity contribution is 5.21. The van der Waals surface area contributed by atoms with Crippen LogP contribution in [0.5, 0.6) is 0 Å². The molecule has 0 spiro atoms. The highest BCUT2D eigenvalue weighted by atomic mass is 16.5. The molecular formula is C11H20N4O. The van der Waals surface area contributed by atoms with Gasteiger partial charge in [-0.05, 0) is 26.6 Å². The van der Waals surface area contributed by atoms with Gasteiger partial charge in [-0.2, -0.15) is 0 Å². The summed E-state index contributed by atoms with van der Waals surface area (Å²) in [7, 11) is 4.08. The first-order valence-corrected chi connectivity index (χ1v) is 5.52. The molecule has 0 amide bonds. The van der Waals surface area contributed by atoms with E-state index in [4.69, 9.17) is 4.74 Å². The molecule has 0 aliphatic rings. The van der Waals surface area contributed by atoms with Crippen molar-refractivity contribution in [1.82, 2.24) is 14.9 Å². The van der Waals surface area contributed by atoms with Crippen LogP contribution in [0.15, 0.2) is 18.5 Å². The molecule has 0 unspecified atom stereocenters. The van der Waals surface area contributed by atoms with Crippen molar-refractivity contribution in [3.8, 4) is 0 Å². The van der Waals surface area contributed by atoms with E-state index >= 15 is 0 Å². The lowest BCUT2D eigenvalue weighted by Gasteiger charge is -2.09. The van der Waals surface area contributed by atoms with Gasteiger partial charge in [0.25, 0.3) is 0 Å². The lowest BCUT2D eigenvalue weighted by Crippen LogP contribution is -2.18. The highest BCUT2D eigenvalue weighted by Crippen LogP contribution is 1.94. The van der Waals surface area contributed by atoms with Gasteiger partial charge in [-0.1, -0.05) is 0 Å². The molecule has 1 rings (SSSR count). The van der Waals surface area contributed by atoms with Crippen LogP contribution in [0, 0.1) is 0 Å². The maximum Gasteiger partial charge on any atom is 0.222 e. The molecule has 5 nitrogen and oxygen atoms in total. The number of likely N-dealkylation sites (N-methyl/N-ethyl adjacent to an activating group) is 1. The Bertz CT molecular complexity index is 266. The number of hydrogen-bond acceptors (Lipinski definition) is 5. The molecule has 0 radical (unpaired) electrons. The largest absolute Gasteiger partial charge is 0.380 e. The first kappa shape index (κ1) is 12.9. The van der Waals surface area contributed by atoms with Gasteiger partial charge in [-0.15, -0.1) is 0 Å². The summed E-state index contributed by atoms with van der Waals surface area (Å²) in [5.74, 6) is 0.677. The number of rotatable bonds is 8. The number of hydrogen-bond donors (Lipinski definition) is 1. The third-order valence-corrected chi connectivity index (χ3v) is 2.00. The van der Waals surface area contributed by atoms with Crippen LogP contribution >= 0.6 is 0 Å². The second-order valence-electron chi connectivity index (χ2n) is 3.77. The number of aromatic nitrogens is 2. The maximum absolute atomic E-state index is 5.46. The van der Waals surface area contributed by atoms with E-state index in [-0.39, 0.29) is 0 Å². The van der Waals surface area contributed by atoms with Crippen molar-refractivity contribution in [3.05, 3.63) is 18.5 Å². The fourth-order valence-electron chi connectivity index (χ4n) is 1.11. The Balaban J connectivity index is 1.93. The molecule has 1 aromatic heterocycles. The zero-order chi connectivity index (χ0) is 11.6. The second-order valence-corrected chi connectivity index (χ2v) is 3.77. The Morgan fingerprint density at radius 3 is 2.69 bits per heavy atom. The average molecular weight is 224 g/mol. The minimum atomic E-state index is 0.677. The van der Waals surface area contributed by atoms with Crippen molar-refractivity contribution in [2.75, 3.05) is 45.7 Å². The number of anilines is 1. The molecule has 0 saturated heterocycles. The second kappa shape index (κ2) is 8.01. The van der Waals surface area contributed by atoms with Crippen LogP contribution in [-0.2, 0) is 4.74 Å². The van der Waals surface area contributed by atoms with Crippen molar-refractivity contribution in [1.29, 1.82) is 0 Å². The van der Waals surface area contributed by atoms with Crippen molar-refractivity contribution in [2.45, 2.75) is 6.42 Å². The average Bonchev–Trinajstić information content (AvgIpc) is 2.29. The van der Waals surface area contributed by atoms with Crippen LogP contribution in [-0.4, -0.2) is 55.3 Å². The molecule has 0 fully saturated rings. The van der Waals surface area contributed by atoms with Gasteiger partial charge in [0, 0.05) is 32.1 Å². The van der Waals surface area contributed by atoms with Gasteiger partial charge in [0.2, 0.25) is 5.95 Å². The third kappa shape index (κ3) is 6.31. The van der Waals surface area contributed by atoms with Crippen LogP contribution in [0.1, 0.15) is 6.42 Å². The van der Waals surface area contributed by atoms with Gasteiger partial charge >= 0.3 is 0 Å². The monoisotopic (exact) mass is 224 g/mol. The van der Waals surface area contributed by atoms with Crippen molar-refractivity contribution >= 4 is 5.95 Å². The zero-order valence-electron chi connectivity index (χ0n) is 10.0. The van der Waals surface area contributed by atoms with Crippen LogP contribution in [0.4, 0.5) is 5.95 Å². The van der Waals surface area contributed by atoms with Crippen LogP contribution < -0.4 is 5.32 Å². The summed E-state index contributed by atoms with van der Waals surface area (Å²) in [5, 5.41) is 3.13. The van der Waals surface area contributed by atoms with Crippen molar-refractivity contribution in [2.24, 2.45) is 0 Å². The summed E-state index contributed by atoms with van der Waals surface area (Å²) >= 11 is 0. The number of nitrogens with one attached hydrogen (secondary N) is 1. The fourth-order valence-corrected chi connectivity index (χ4v) is 1.11.